The second kappa shape index (κ2) is 7.68. The number of rotatable bonds is 7. The zero-order valence-corrected chi connectivity index (χ0v) is 14.1. The molecule has 0 saturated heterocycles. The maximum atomic E-state index is 10.7. The minimum atomic E-state index is -0.368. The van der Waals surface area contributed by atoms with Gasteiger partial charge in [-0.15, -0.1) is 11.3 Å². The highest BCUT2D eigenvalue weighted by atomic mass is 79.9. The zero-order valence-electron chi connectivity index (χ0n) is 11.7. The summed E-state index contributed by atoms with van der Waals surface area (Å²) in [5.74, 6) is 0. The highest BCUT2D eigenvalue weighted by Crippen LogP contribution is 2.28. The lowest BCUT2D eigenvalue weighted by Crippen LogP contribution is -2.23. The molecule has 112 valence electrons. The molecule has 0 aliphatic carbocycles. The Bertz CT molecular complexity index is 598. The number of halogens is 1. The van der Waals surface area contributed by atoms with Crippen molar-refractivity contribution in [3.8, 4) is 0 Å². The lowest BCUT2D eigenvalue weighted by molar-refractivity contribution is -0.384. The Morgan fingerprint density at radius 1 is 1.38 bits per heavy atom. The molecule has 0 spiro atoms. The first-order valence-corrected chi connectivity index (χ1v) is 8.48. The Morgan fingerprint density at radius 3 is 2.62 bits per heavy atom. The quantitative estimate of drug-likeness (QED) is 0.568. The summed E-state index contributed by atoms with van der Waals surface area (Å²) in [6.45, 7) is 3.09. The van der Waals surface area contributed by atoms with Crippen molar-refractivity contribution in [2.45, 2.75) is 25.8 Å². The third-order valence-electron chi connectivity index (χ3n) is 3.22. The molecule has 0 amide bonds. The molecule has 1 aromatic heterocycles. The number of nitrogens with zero attached hydrogens (tertiary/aromatic N) is 1. The molecule has 1 aromatic carbocycles. The lowest BCUT2D eigenvalue weighted by atomic mass is 10.0. The van der Waals surface area contributed by atoms with Crippen molar-refractivity contribution in [2.75, 3.05) is 6.54 Å². The Labute approximate surface area is 136 Å². The molecular weight excluding hydrogens is 352 g/mol. The van der Waals surface area contributed by atoms with E-state index in [9.17, 15) is 10.1 Å². The number of hydrogen-bond donors (Lipinski definition) is 1. The van der Waals surface area contributed by atoms with Gasteiger partial charge in [-0.25, -0.2) is 0 Å². The van der Waals surface area contributed by atoms with Crippen molar-refractivity contribution in [3.63, 3.8) is 0 Å². The van der Waals surface area contributed by atoms with Crippen molar-refractivity contribution in [1.29, 1.82) is 0 Å². The van der Waals surface area contributed by atoms with E-state index in [-0.39, 0.29) is 16.7 Å². The first-order chi connectivity index (χ1) is 10.1. The second-order valence-electron chi connectivity index (χ2n) is 4.82. The van der Waals surface area contributed by atoms with Crippen molar-refractivity contribution in [2.24, 2.45) is 0 Å². The summed E-state index contributed by atoms with van der Waals surface area (Å²) in [4.78, 5) is 10.3. The maximum Gasteiger partial charge on any atom is 0.269 e. The normalized spacial score (nSPS) is 12.3. The Morgan fingerprint density at radius 2 is 2.10 bits per heavy atom. The Balaban J connectivity index is 2.12. The first kappa shape index (κ1) is 16.1. The van der Waals surface area contributed by atoms with E-state index in [0.717, 1.165) is 28.7 Å². The van der Waals surface area contributed by atoms with Crippen LogP contribution in [0.4, 0.5) is 5.69 Å². The monoisotopic (exact) mass is 368 g/mol. The molecule has 2 rings (SSSR count). The summed E-state index contributed by atoms with van der Waals surface area (Å²) < 4.78 is 1.12. The fourth-order valence-electron chi connectivity index (χ4n) is 2.12. The topological polar surface area (TPSA) is 55.2 Å². The van der Waals surface area contributed by atoms with Gasteiger partial charge in [-0.2, -0.15) is 0 Å². The van der Waals surface area contributed by atoms with Gasteiger partial charge in [0, 0.05) is 18.2 Å². The highest BCUT2D eigenvalue weighted by Gasteiger charge is 2.14. The largest absolute Gasteiger partial charge is 0.310 e. The minimum Gasteiger partial charge on any atom is -0.310 e. The van der Waals surface area contributed by atoms with E-state index in [1.165, 1.54) is 5.56 Å². The Hall–Kier alpha value is -1.24. The van der Waals surface area contributed by atoms with Crippen LogP contribution in [-0.2, 0) is 6.42 Å². The van der Waals surface area contributed by atoms with Gasteiger partial charge in [-0.1, -0.05) is 19.1 Å². The van der Waals surface area contributed by atoms with Crippen LogP contribution in [0.5, 0.6) is 0 Å². The molecule has 0 saturated carbocycles. The number of nitro benzene ring substituents is 1. The van der Waals surface area contributed by atoms with Crippen molar-refractivity contribution in [3.05, 3.63) is 60.7 Å². The van der Waals surface area contributed by atoms with E-state index in [1.54, 1.807) is 23.5 Å². The van der Waals surface area contributed by atoms with E-state index >= 15 is 0 Å². The molecule has 4 nitrogen and oxygen atoms in total. The van der Waals surface area contributed by atoms with Gasteiger partial charge in [0.1, 0.15) is 0 Å². The molecule has 2 aromatic rings. The molecule has 21 heavy (non-hydrogen) atoms. The third kappa shape index (κ3) is 4.62. The number of benzene rings is 1. The molecule has 0 radical (unpaired) electrons. The molecule has 1 unspecified atom stereocenters. The number of hydrogen-bond acceptors (Lipinski definition) is 4. The van der Waals surface area contributed by atoms with Crippen LogP contribution in [0.15, 0.2) is 39.5 Å². The van der Waals surface area contributed by atoms with E-state index in [2.05, 4.69) is 39.6 Å². The first-order valence-electron chi connectivity index (χ1n) is 6.80. The van der Waals surface area contributed by atoms with E-state index in [0.29, 0.717) is 0 Å². The molecular formula is C15H17BrN2O2S. The third-order valence-corrected chi connectivity index (χ3v) is 4.74. The van der Waals surface area contributed by atoms with E-state index < -0.39 is 0 Å². The van der Waals surface area contributed by atoms with Crippen LogP contribution in [0.25, 0.3) is 0 Å². The van der Waals surface area contributed by atoms with Crippen molar-refractivity contribution in [1.82, 2.24) is 5.32 Å². The summed E-state index contributed by atoms with van der Waals surface area (Å²) in [5.41, 5.74) is 2.48. The highest BCUT2D eigenvalue weighted by molar-refractivity contribution is 9.11. The van der Waals surface area contributed by atoms with Crippen LogP contribution < -0.4 is 5.32 Å². The SMILES string of the molecule is CCCNC(Cc1ccc([N+](=O)[O-])cc1)c1csc(Br)c1. The number of non-ortho nitro benzene ring substituents is 1. The summed E-state index contributed by atoms with van der Waals surface area (Å²) in [5, 5.41) is 16.4. The van der Waals surface area contributed by atoms with Gasteiger partial charge < -0.3 is 5.32 Å². The minimum absolute atomic E-state index is 0.134. The second-order valence-corrected chi connectivity index (χ2v) is 7.11. The summed E-state index contributed by atoms with van der Waals surface area (Å²) in [6, 6.07) is 9.16. The number of nitro groups is 1. The Kier molecular flexibility index (Phi) is 5.90. The van der Waals surface area contributed by atoms with Crippen LogP contribution in [0.1, 0.15) is 30.5 Å². The van der Waals surface area contributed by atoms with E-state index in [1.807, 2.05) is 12.1 Å². The molecule has 1 heterocycles. The van der Waals surface area contributed by atoms with Crippen LogP contribution >= 0.6 is 27.3 Å². The van der Waals surface area contributed by atoms with Crippen LogP contribution in [0.2, 0.25) is 0 Å². The molecule has 1 N–H and O–H groups in total. The van der Waals surface area contributed by atoms with Crippen LogP contribution in [0.3, 0.4) is 0 Å². The molecule has 0 aliphatic heterocycles. The molecule has 6 heteroatoms. The summed E-state index contributed by atoms with van der Waals surface area (Å²) in [7, 11) is 0. The van der Waals surface area contributed by atoms with E-state index in [4.69, 9.17) is 0 Å². The van der Waals surface area contributed by atoms with Gasteiger partial charge in [-0.3, -0.25) is 10.1 Å². The predicted octanol–water partition coefficient (Wildman–Crippen LogP) is 4.70. The maximum absolute atomic E-state index is 10.7. The standard InChI is InChI=1S/C15H17BrN2O2S/c1-2-7-17-14(12-9-15(16)21-10-12)8-11-3-5-13(6-4-11)18(19)20/h3-6,9-10,14,17H,2,7-8H2,1H3. The van der Waals surface area contributed by atoms with Crippen molar-refractivity contribution >= 4 is 33.0 Å². The average Bonchev–Trinajstić information content (AvgIpc) is 2.90. The molecule has 0 aliphatic rings. The number of thiophene rings is 1. The van der Waals surface area contributed by atoms with Gasteiger partial charge >= 0.3 is 0 Å². The van der Waals surface area contributed by atoms with Gasteiger partial charge in [0.05, 0.1) is 8.71 Å². The fourth-order valence-corrected chi connectivity index (χ4v) is 3.35. The summed E-state index contributed by atoms with van der Waals surface area (Å²) in [6.07, 6.45) is 1.89. The van der Waals surface area contributed by atoms with Crippen LogP contribution in [-0.4, -0.2) is 11.5 Å². The van der Waals surface area contributed by atoms with Gasteiger partial charge in [-0.05, 0) is 57.9 Å². The van der Waals surface area contributed by atoms with Gasteiger partial charge in [0.15, 0.2) is 0 Å². The van der Waals surface area contributed by atoms with Crippen LogP contribution in [0, 0.1) is 10.1 Å². The average molecular weight is 369 g/mol. The zero-order chi connectivity index (χ0) is 15.2. The van der Waals surface area contributed by atoms with Gasteiger partial charge in [0.25, 0.3) is 5.69 Å². The smallest absolute Gasteiger partial charge is 0.269 e. The number of nitrogens with one attached hydrogen (secondary N) is 1. The molecule has 0 fully saturated rings. The van der Waals surface area contributed by atoms with Crippen molar-refractivity contribution < 1.29 is 4.92 Å². The van der Waals surface area contributed by atoms with Gasteiger partial charge in [0.2, 0.25) is 0 Å². The molecule has 1 atom stereocenters. The molecule has 0 bridgehead atoms. The lowest BCUT2D eigenvalue weighted by Gasteiger charge is -2.17. The predicted molar refractivity (Wildman–Crippen MR) is 89.9 cm³/mol. The summed E-state index contributed by atoms with van der Waals surface area (Å²) >= 11 is 5.17. The fraction of sp³-hybridized carbons (Fsp3) is 0.333.